The number of nitrogens with zero attached hydrogens (tertiary/aromatic N) is 1. The Balaban J connectivity index is 1.83. The summed E-state index contributed by atoms with van der Waals surface area (Å²) in [4.78, 5) is 1.45. The lowest BCUT2D eigenvalue weighted by molar-refractivity contribution is -0.143. The zero-order valence-corrected chi connectivity index (χ0v) is 14.5. The van der Waals surface area contributed by atoms with E-state index >= 15 is 0 Å². The topological polar surface area (TPSA) is 33.7 Å². The highest BCUT2D eigenvalue weighted by Gasteiger charge is 2.34. The SMILES string of the molecule is COc1ccc(CNCC2CCN(CC(F)(F)F)C2)c(Cl)c1OC. The van der Waals surface area contributed by atoms with E-state index in [0.29, 0.717) is 42.7 Å². The van der Waals surface area contributed by atoms with Crippen molar-refractivity contribution in [2.24, 2.45) is 5.92 Å². The Kier molecular flexibility index (Phi) is 6.60. The standard InChI is InChI=1S/C16H22ClF3N2O2/c1-23-13-4-3-12(14(17)15(13)24-2)8-21-7-11-5-6-22(9-11)10-16(18,19)20/h3-4,11,21H,5-10H2,1-2H3. The van der Waals surface area contributed by atoms with Crippen molar-refractivity contribution in [3.8, 4) is 11.5 Å². The van der Waals surface area contributed by atoms with Crippen molar-refractivity contribution < 1.29 is 22.6 Å². The number of methoxy groups -OCH3 is 2. The summed E-state index contributed by atoms with van der Waals surface area (Å²) in [5.41, 5.74) is 0.861. The molecule has 1 aliphatic rings. The molecular weight excluding hydrogens is 345 g/mol. The summed E-state index contributed by atoms with van der Waals surface area (Å²) >= 11 is 6.31. The van der Waals surface area contributed by atoms with Gasteiger partial charge in [-0.2, -0.15) is 13.2 Å². The van der Waals surface area contributed by atoms with Crippen molar-refractivity contribution in [2.45, 2.75) is 19.1 Å². The van der Waals surface area contributed by atoms with Crippen molar-refractivity contribution in [2.75, 3.05) is 40.4 Å². The number of benzene rings is 1. The Labute approximate surface area is 144 Å². The van der Waals surface area contributed by atoms with Crippen LogP contribution in [-0.2, 0) is 6.54 Å². The molecule has 4 nitrogen and oxygen atoms in total. The fourth-order valence-corrected chi connectivity index (χ4v) is 3.25. The molecule has 8 heteroatoms. The number of ether oxygens (including phenoxy) is 2. The molecule has 1 unspecified atom stereocenters. The number of rotatable bonds is 7. The van der Waals surface area contributed by atoms with E-state index in [1.807, 2.05) is 6.07 Å². The first kappa shape index (κ1) is 19.1. The maximum atomic E-state index is 12.4. The molecule has 0 spiro atoms. The molecule has 24 heavy (non-hydrogen) atoms. The Hall–Kier alpha value is -1.18. The molecule has 1 aromatic carbocycles. The van der Waals surface area contributed by atoms with Crippen LogP contribution < -0.4 is 14.8 Å². The molecule has 1 heterocycles. The molecule has 1 aliphatic heterocycles. The Morgan fingerprint density at radius 3 is 2.67 bits per heavy atom. The number of hydrogen-bond acceptors (Lipinski definition) is 4. The van der Waals surface area contributed by atoms with Crippen molar-refractivity contribution in [3.05, 3.63) is 22.7 Å². The van der Waals surface area contributed by atoms with Crippen molar-refractivity contribution in [3.63, 3.8) is 0 Å². The number of hydrogen-bond donors (Lipinski definition) is 1. The largest absolute Gasteiger partial charge is 0.493 e. The minimum absolute atomic E-state index is 0.214. The fraction of sp³-hybridized carbons (Fsp3) is 0.625. The van der Waals surface area contributed by atoms with E-state index in [9.17, 15) is 13.2 Å². The third kappa shape index (κ3) is 5.16. The van der Waals surface area contributed by atoms with E-state index in [1.165, 1.54) is 12.0 Å². The van der Waals surface area contributed by atoms with Crippen LogP contribution in [0.3, 0.4) is 0 Å². The molecule has 0 bridgehead atoms. The maximum Gasteiger partial charge on any atom is 0.401 e. The average molecular weight is 367 g/mol. The van der Waals surface area contributed by atoms with E-state index in [0.717, 1.165) is 12.0 Å². The second-order valence-electron chi connectivity index (χ2n) is 5.91. The second kappa shape index (κ2) is 8.27. The molecule has 0 saturated carbocycles. The van der Waals surface area contributed by atoms with Gasteiger partial charge in [-0.05, 0) is 37.1 Å². The van der Waals surface area contributed by atoms with Gasteiger partial charge in [-0.15, -0.1) is 0 Å². The Morgan fingerprint density at radius 1 is 1.29 bits per heavy atom. The molecule has 0 radical (unpaired) electrons. The lowest BCUT2D eigenvalue weighted by Crippen LogP contribution is -2.33. The van der Waals surface area contributed by atoms with E-state index in [4.69, 9.17) is 21.1 Å². The zero-order valence-electron chi connectivity index (χ0n) is 13.8. The Bertz CT molecular complexity index is 555. The number of likely N-dealkylation sites (tertiary alicyclic amines) is 1. The van der Waals surface area contributed by atoms with Gasteiger partial charge < -0.3 is 14.8 Å². The molecule has 1 N–H and O–H groups in total. The van der Waals surface area contributed by atoms with E-state index in [-0.39, 0.29) is 5.92 Å². The van der Waals surface area contributed by atoms with Gasteiger partial charge >= 0.3 is 6.18 Å². The quantitative estimate of drug-likeness (QED) is 0.802. The van der Waals surface area contributed by atoms with Crippen molar-refractivity contribution in [1.29, 1.82) is 0 Å². The summed E-state index contributed by atoms with van der Waals surface area (Å²) in [5, 5.41) is 3.75. The molecule has 136 valence electrons. The molecule has 0 amide bonds. The van der Waals surface area contributed by atoms with Crippen LogP contribution in [0.25, 0.3) is 0 Å². The summed E-state index contributed by atoms with van der Waals surface area (Å²) in [7, 11) is 3.06. The summed E-state index contributed by atoms with van der Waals surface area (Å²) in [6.07, 6.45) is -3.36. The van der Waals surface area contributed by atoms with E-state index < -0.39 is 12.7 Å². The van der Waals surface area contributed by atoms with Crippen LogP contribution in [-0.4, -0.2) is 51.5 Å². The van der Waals surface area contributed by atoms with Crippen LogP contribution in [0.15, 0.2) is 12.1 Å². The summed E-state index contributed by atoms with van der Waals surface area (Å²) in [6, 6.07) is 3.63. The molecule has 0 aliphatic carbocycles. The normalized spacial score (nSPS) is 18.8. The van der Waals surface area contributed by atoms with E-state index in [2.05, 4.69) is 5.32 Å². The summed E-state index contributed by atoms with van der Waals surface area (Å²) in [6.45, 7) is 1.30. The highest BCUT2D eigenvalue weighted by molar-refractivity contribution is 6.33. The van der Waals surface area contributed by atoms with Gasteiger partial charge in [0.25, 0.3) is 0 Å². The first-order valence-electron chi connectivity index (χ1n) is 7.73. The second-order valence-corrected chi connectivity index (χ2v) is 6.29. The lowest BCUT2D eigenvalue weighted by Gasteiger charge is -2.18. The van der Waals surface area contributed by atoms with Gasteiger partial charge in [-0.1, -0.05) is 17.7 Å². The van der Waals surface area contributed by atoms with Crippen LogP contribution in [0.2, 0.25) is 5.02 Å². The molecule has 1 fully saturated rings. The number of nitrogens with one attached hydrogen (secondary N) is 1. The van der Waals surface area contributed by atoms with Crippen LogP contribution in [0, 0.1) is 5.92 Å². The van der Waals surface area contributed by atoms with Crippen LogP contribution in [0.5, 0.6) is 11.5 Å². The van der Waals surface area contributed by atoms with Crippen LogP contribution in [0.4, 0.5) is 13.2 Å². The third-order valence-electron chi connectivity index (χ3n) is 4.09. The molecular formula is C16H22ClF3N2O2. The first-order valence-corrected chi connectivity index (χ1v) is 8.11. The molecule has 1 aromatic rings. The fourth-order valence-electron chi connectivity index (χ4n) is 2.95. The van der Waals surface area contributed by atoms with Crippen LogP contribution in [0.1, 0.15) is 12.0 Å². The molecule has 1 saturated heterocycles. The van der Waals surface area contributed by atoms with Crippen molar-refractivity contribution >= 4 is 11.6 Å². The zero-order chi connectivity index (χ0) is 17.7. The number of halogens is 4. The minimum Gasteiger partial charge on any atom is -0.493 e. The van der Waals surface area contributed by atoms with Gasteiger partial charge in [0.05, 0.1) is 25.8 Å². The lowest BCUT2D eigenvalue weighted by atomic mass is 10.1. The van der Waals surface area contributed by atoms with Crippen LogP contribution >= 0.6 is 11.6 Å². The van der Waals surface area contributed by atoms with Gasteiger partial charge in [0, 0.05) is 13.1 Å². The minimum atomic E-state index is -4.13. The van der Waals surface area contributed by atoms with Gasteiger partial charge in [-0.25, -0.2) is 0 Å². The molecule has 2 rings (SSSR count). The monoisotopic (exact) mass is 366 g/mol. The highest BCUT2D eigenvalue weighted by atomic mass is 35.5. The van der Waals surface area contributed by atoms with E-state index in [1.54, 1.807) is 13.2 Å². The average Bonchev–Trinajstić information content (AvgIpc) is 2.93. The summed E-state index contributed by atoms with van der Waals surface area (Å²) in [5.74, 6) is 1.26. The van der Waals surface area contributed by atoms with Crippen molar-refractivity contribution in [1.82, 2.24) is 10.2 Å². The maximum absolute atomic E-state index is 12.4. The number of alkyl halides is 3. The predicted molar refractivity (Wildman–Crippen MR) is 86.9 cm³/mol. The third-order valence-corrected chi connectivity index (χ3v) is 4.50. The summed E-state index contributed by atoms with van der Waals surface area (Å²) < 4.78 is 47.6. The molecule has 1 atom stereocenters. The van der Waals surface area contributed by atoms with Gasteiger partial charge in [0.15, 0.2) is 11.5 Å². The first-order chi connectivity index (χ1) is 11.3. The highest BCUT2D eigenvalue weighted by Crippen LogP contribution is 2.37. The molecule has 0 aromatic heterocycles. The van der Waals surface area contributed by atoms with Gasteiger partial charge in [0.2, 0.25) is 0 Å². The Morgan fingerprint density at radius 2 is 2.04 bits per heavy atom. The predicted octanol–water partition coefficient (Wildman–Crippen LogP) is 3.33. The van der Waals surface area contributed by atoms with Gasteiger partial charge in [0.1, 0.15) is 0 Å². The smallest absolute Gasteiger partial charge is 0.401 e. The van der Waals surface area contributed by atoms with Gasteiger partial charge in [-0.3, -0.25) is 4.90 Å².